The third-order valence-corrected chi connectivity index (χ3v) is 0.884. The van der Waals surface area contributed by atoms with Gasteiger partial charge in [-0.15, -0.1) is 10.2 Å². The fourth-order valence-electron chi connectivity index (χ4n) is 0.447. The summed E-state index contributed by atoms with van der Waals surface area (Å²) >= 11 is 0. The molecule has 0 radical (unpaired) electrons. The van der Waals surface area contributed by atoms with Gasteiger partial charge in [-0.25, -0.2) is 0 Å². The zero-order valence-electron chi connectivity index (χ0n) is 4.91. The van der Waals surface area contributed by atoms with Crippen LogP contribution < -0.4 is 5.73 Å². The van der Waals surface area contributed by atoms with Crippen molar-refractivity contribution in [2.45, 2.75) is 0 Å². The number of aromatic nitrogens is 2. The van der Waals surface area contributed by atoms with Gasteiger partial charge in [0.1, 0.15) is 0 Å². The quantitative estimate of drug-likeness (QED) is 0.584. The van der Waals surface area contributed by atoms with Gasteiger partial charge in [-0.3, -0.25) is 4.79 Å². The fraction of sp³-hybridized carbons (Fsp3) is 0. The van der Waals surface area contributed by atoms with E-state index in [2.05, 4.69) is 10.2 Å². The molecule has 1 aromatic rings. The molecule has 5 heteroatoms. The highest BCUT2D eigenvalue weighted by Gasteiger charge is 2.00. The van der Waals surface area contributed by atoms with Crippen molar-refractivity contribution in [3.63, 3.8) is 0 Å². The maximum absolute atomic E-state index is 12.0. The standard InChI is InChI=1S/C5H4FN3O/c6-4-2-1-3(5(7)10)8-9-4/h1-2H,(H2,7,10). The van der Waals surface area contributed by atoms with Crippen LogP contribution in [-0.4, -0.2) is 16.1 Å². The van der Waals surface area contributed by atoms with Gasteiger partial charge in [-0.2, -0.15) is 4.39 Å². The molecular weight excluding hydrogens is 137 g/mol. The van der Waals surface area contributed by atoms with E-state index in [9.17, 15) is 9.18 Å². The first-order chi connectivity index (χ1) is 4.70. The molecule has 0 aliphatic carbocycles. The summed E-state index contributed by atoms with van der Waals surface area (Å²) in [5.74, 6) is -1.45. The van der Waals surface area contributed by atoms with Gasteiger partial charge in [-0.05, 0) is 12.1 Å². The minimum Gasteiger partial charge on any atom is -0.364 e. The average Bonchev–Trinajstić information content (AvgIpc) is 1.88. The van der Waals surface area contributed by atoms with E-state index >= 15 is 0 Å². The van der Waals surface area contributed by atoms with Gasteiger partial charge in [0.25, 0.3) is 5.91 Å². The van der Waals surface area contributed by atoms with Gasteiger partial charge in [-0.1, -0.05) is 0 Å². The number of primary amides is 1. The Morgan fingerprint density at radius 2 is 2.20 bits per heavy atom. The van der Waals surface area contributed by atoms with Gasteiger partial charge >= 0.3 is 0 Å². The Morgan fingerprint density at radius 3 is 2.60 bits per heavy atom. The van der Waals surface area contributed by atoms with Gasteiger partial charge in [0.15, 0.2) is 5.69 Å². The lowest BCUT2D eigenvalue weighted by Gasteiger charge is -1.89. The number of hydrogen-bond acceptors (Lipinski definition) is 3. The first-order valence-electron chi connectivity index (χ1n) is 2.49. The summed E-state index contributed by atoms with van der Waals surface area (Å²) in [5.41, 5.74) is 4.76. The van der Waals surface area contributed by atoms with E-state index in [0.29, 0.717) is 0 Å². The molecule has 1 rings (SSSR count). The molecule has 1 heterocycles. The Bertz CT molecular complexity index is 246. The number of carbonyl (C=O) groups is 1. The second-order valence-corrected chi connectivity index (χ2v) is 1.61. The van der Waals surface area contributed by atoms with Crippen LogP contribution in [0.1, 0.15) is 10.5 Å². The molecule has 0 bridgehead atoms. The van der Waals surface area contributed by atoms with Crippen LogP contribution in [0.5, 0.6) is 0 Å². The predicted molar refractivity (Wildman–Crippen MR) is 30.5 cm³/mol. The minimum atomic E-state index is -0.731. The van der Waals surface area contributed by atoms with Gasteiger partial charge in [0, 0.05) is 0 Å². The Morgan fingerprint density at radius 1 is 1.50 bits per heavy atom. The average molecular weight is 141 g/mol. The molecule has 2 N–H and O–H groups in total. The lowest BCUT2D eigenvalue weighted by atomic mass is 10.4. The number of amides is 1. The molecule has 10 heavy (non-hydrogen) atoms. The van der Waals surface area contributed by atoms with Crippen molar-refractivity contribution in [2.24, 2.45) is 5.73 Å². The molecule has 0 fully saturated rings. The fourth-order valence-corrected chi connectivity index (χ4v) is 0.447. The van der Waals surface area contributed by atoms with Crippen molar-refractivity contribution < 1.29 is 9.18 Å². The SMILES string of the molecule is NC(=O)c1ccc(F)nn1. The maximum atomic E-state index is 12.0. The third kappa shape index (κ3) is 1.25. The molecule has 0 aliphatic rings. The number of carbonyl (C=O) groups excluding carboxylic acids is 1. The van der Waals surface area contributed by atoms with Crippen LogP contribution in [-0.2, 0) is 0 Å². The first kappa shape index (κ1) is 6.60. The van der Waals surface area contributed by atoms with E-state index in [1.54, 1.807) is 0 Å². The van der Waals surface area contributed by atoms with Crippen LogP contribution in [0.3, 0.4) is 0 Å². The molecule has 0 atom stereocenters. The molecule has 0 aromatic carbocycles. The highest BCUT2D eigenvalue weighted by Crippen LogP contribution is 1.92. The zero-order chi connectivity index (χ0) is 7.56. The summed E-state index contributed by atoms with van der Waals surface area (Å²) in [6.07, 6.45) is 0. The smallest absolute Gasteiger partial charge is 0.269 e. The number of hydrogen-bond donors (Lipinski definition) is 1. The minimum absolute atomic E-state index is 0.0404. The summed E-state index contributed by atoms with van der Waals surface area (Å²) < 4.78 is 12.0. The third-order valence-electron chi connectivity index (χ3n) is 0.884. The van der Waals surface area contributed by atoms with E-state index in [4.69, 9.17) is 5.73 Å². The second kappa shape index (κ2) is 2.38. The number of nitrogens with zero attached hydrogens (tertiary/aromatic N) is 2. The normalized spacial score (nSPS) is 9.30. The molecule has 4 nitrogen and oxygen atoms in total. The zero-order valence-corrected chi connectivity index (χ0v) is 4.91. The predicted octanol–water partition coefficient (Wildman–Crippen LogP) is -0.285. The second-order valence-electron chi connectivity index (χ2n) is 1.61. The molecule has 0 aliphatic heterocycles. The molecule has 1 amide bonds. The Kier molecular flexibility index (Phi) is 1.57. The molecule has 0 unspecified atom stereocenters. The van der Waals surface area contributed by atoms with Crippen molar-refractivity contribution in [3.05, 3.63) is 23.8 Å². The largest absolute Gasteiger partial charge is 0.364 e. The lowest BCUT2D eigenvalue weighted by molar-refractivity contribution is 0.0994. The molecule has 0 saturated heterocycles. The molecule has 0 saturated carbocycles. The van der Waals surface area contributed by atoms with Crippen molar-refractivity contribution in [2.75, 3.05) is 0 Å². The number of halogens is 1. The topological polar surface area (TPSA) is 68.9 Å². The molecule has 1 aromatic heterocycles. The van der Waals surface area contributed by atoms with E-state index < -0.39 is 11.9 Å². The monoisotopic (exact) mass is 141 g/mol. The van der Waals surface area contributed by atoms with E-state index in [1.807, 2.05) is 0 Å². The van der Waals surface area contributed by atoms with Crippen molar-refractivity contribution >= 4 is 5.91 Å². The molecular formula is C5H4FN3O. The van der Waals surface area contributed by atoms with Crippen LogP contribution in [0.4, 0.5) is 4.39 Å². The van der Waals surface area contributed by atoms with Crippen LogP contribution in [0, 0.1) is 5.95 Å². The van der Waals surface area contributed by atoms with Gasteiger partial charge in [0.2, 0.25) is 5.95 Å². The van der Waals surface area contributed by atoms with E-state index in [1.165, 1.54) is 6.07 Å². The Hall–Kier alpha value is -1.52. The van der Waals surface area contributed by atoms with E-state index in [-0.39, 0.29) is 5.69 Å². The van der Waals surface area contributed by atoms with Crippen LogP contribution >= 0.6 is 0 Å². The van der Waals surface area contributed by atoms with Crippen molar-refractivity contribution in [1.29, 1.82) is 0 Å². The van der Waals surface area contributed by atoms with Crippen LogP contribution in [0.15, 0.2) is 12.1 Å². The summed E-state index contributed by atoms with van der Waals surface area (Å²) in [6, 6.07) is 2.19. The summed E-state index contributed by atoms with van der Waals surface area (Å²) in [6.45, 7) is 0. The molecule has 0 spiro atoms. The first-order valence-corrected chi connectivity index (χ1v) is 2.49. The summed E-state index contributed by atoms with van der Waals surface area (Å²) in [4.78, 5) is 10.3. The summed E-state index contributed by atoms with van der Waals surface area (Å²) in [5, 5.41) is 6.16. The lowest BCUT2D eigenvalue weighted by Crippen LogP contribution is -2.13. The Balaban J connectivity index is 3.00. The number of rotatable bonds is 1. The van der Waals surface area contributed by atoms with Crippen molar-refractivity contribution in [1.82, 2.24) is 10.2 Å². The highest BCUT2D eigenvalue weighted by atomic mass is 19.1. The van der Waals surface area contributed by atoms with Crippen LogP contribution in [0.2, 0.25) is 0 Å². The van der Waals surface area contributed by atoms with Gasteiger partial charge < -0.3 is 5.73 Å². The van der Waals surface area contributed by atoms with Gasteiger partial charge in [0.05, 0.1) is 0 Å². The van der Waals surface area contributed by atoms with Crippen LogP contribution in [0.25, 0.3) is 0 Å². The van der Waals surface area contributed by atoms with Crippen molar-refractivity contribution in [3.8, 4) is 0 Å². The Labute approximate surface area is 55.9 Å². The maximum Gasteiger partial charge on any atom is 0.269 e. The summed E-state index contributed by atoms with van der Waals surface area (Å²) in [7, 11) is 0. The highest BCUT2D eigenvalue weighted by molar-refractivity contribution is 5.90. The number of nitrogens with two attached hydrogens (primary N) is 1. The van der Waals surface area contributed by atoms with E-state index in [0.717, 1.165) is 6.07 Å². The molecule has 52 valence electrons.